The summed E-state index contributed by atoms with van der Waals surface area (Å²) in [5, 5.41) is 10.3. The molecule has 0 spiro atoms. The highest BCUT2D eigenvalue weighted by atomic mass is 32.1. The molecule has 0 bridgehead atoms. The van der Waals surface area contributed by atoms with Gasteiger partial charge in [-0.3, -0.25) is 10.4 Å². The van der Waals surface area contributed by atoms with E-state index in [1.807, 2.05) is 0 Å². The normalized spacial score (nSPS) is 26.4. The molecule has 2 fully saturated rings. The van der Waals surface area contributed by atoms with Gasteiger partial charge in [0.15, 0.2) is 6.17 Å². The second-order valence-electron chi connectivity index (χ2n) is 5.46. The van der Waals surface area contributed by atoms with E-state index in [9.17, 15) is 26.3 Å². The van der Waals surface area contributed by atoms with Crippen molar-refractivity contribution in [1.82, 2.24) is 14.7 Å². The summed E-state index contributed by atoms with van der Waals surface area (Å²) >= 11 is 3.96. The molecule has 12 heteroatoms. The smallest absolute Gasteiger partial charge is 0.332 e. The van der Waals surface area contributed by atoms with Crippen LogP contribution in [0.5, 0.6) is 0 Å². The molecule has 0 amide bonds. The highest BCUT2D eigenvalue weighted by Gasteiger charge is 2.53. The van der Waals surface area contributed by atoms with Crippen molar-refractivity contribution in [3.8, 4) is 0 Å². The Bertz CT molecular complexity index is 605. The molecule has 2 aliphatic heterocycles. The molecule has 1 aliphatic carbocycles. The summed E-state index contributed by atoms with van der Waals surface area (Å²) in [6.45, 7) is 0.227. The maximum Gasteiger partial charge on any atom is 0.449 e. The predicted molar refractivity (Wildman–Crippen MR) is 71.5 cm³/mol. The summed E-state index contributed by atoms with van der Waals surface area (Å²) in [5.41, 5.74) is -2.27. The SMILES string of the molecule is N=C1C2=C(C(F)(F)F)NC(C(F)(F)F)=NC2N(S)N1CC1CC1. The summed E-state index contributed by atoms with van der Waals surface area (Å²) in [4.78, 5) is 3.28. The molecule has 5 nitrogen and oxygen atoms in total. The molecular weight excluding hydrogens is 348 g/mol. The van der Waals surface area contributed by atoms with Crippen LogP contribution in [0.4, 0.5) is 26.3 Å². The van der Waals surface area contributed by atoms with Crippen molar-refractivity contribution in [3.63, 3.8) is 0 Å². The molecule has 2 heterocycles. The van der Waals surface area contributed by atoms with Gasteiger partial charge in [0, 0.05) is 6.54 Å². The van der Waals surface area contributed by atoms with Crippen LogP contribution in [0.3, 0.4) is 0 Å². The quantitative estimate of drug-likeness (QED) is 0.524. The number of halogens is 6. The maximum atomic E-state index is 13.1. The minimum Gasteiger partial charge on any atom is -0.332 e. The third-order valence-corrected chi connectivity index (χ3v) is 4.12. The van der Waals surface area contributed by atoms with Crippen LogP contribution in [-0.2, 0) is 0 Å². The summed E-state index contributed by atoms with van der Waals surface area (Å²) in [6, 6.07) is 0. The third-order valence-electron chi connectivity index (χ3n) is 3.68. The molecule has 0 radical (unpaired) electrons. The third kappa shape index (κ3) is 2.89. The van der Waals surface area contributed by atoms with Gasteiger partial charge < -0.3 is 5.32 Å². The van der Waals surface area contributed by atoms with E-state index in [-0.39, 0.29) is 12.5 Å². The number of amidine groups is 2. The number of nitrogens with zero attached hydrogens (tertiary/aromatic N) is 3. The lowest BCUT2D eigenvalue weighted by atomic mass is 10.1. The Morgan fingerprint density at radius 1 is 1.17 bits per heavy atom. The fourth-order valence-corrected chi connectivity index (χ4v) is 2.73. The first-order valence-electron chi connectivity index (χ1n) is 6.58. The van der Waals surface area contributed by atoms with Gasteiger partial charge in [-0.15, -0.1) is 4.41 Å². The molecule has 1 saturated carbocycles. The lowest BCUT2D eigenvalue weighted by Crippen LogP contribution is -2.47. The number of nitrogens with one attached hydrogen (secondary N) is 2. The number of rotatable bonds is 2. The molecule has 128 valence electrons. The predicted octanol–water partition coefficient (Wildman–Crippen LogP) is 2.46. The Morgan fingerprint density at radius 3 is 2.26 bits per heavy atom. The van der Waals surface area contributed by atoms with Gasteiger partial charge in [-0.1, -0.05) is 12.8 Å². The molecule has 0 aromatic carbocycles. The Hall–Kier alpha value is -1.43. The largest absolute Gasteiger partial charge is 0.449 e. The molecule has 3 rings (SSSR count). The Kier molecular flexibility index (Phi) is 3.59. The van der Waals surface area contributed by atoms with Crippen molar-refractivity contribution >= 4 is 24.5 Å². The average molecular weight is 359 g/mol. The zero-order valence-electron chi connectivity index (χ0n) is 11.3. The lowest BCUT2D eigenvalue weighted by molar-refractivity contribution is -0.0989. The second kappa shape index (κ2) is 5.03. The van der Waals surface area contributed by atoms with Gasteiger partial charge in [0.05, 0.1) is 5.57 Å². The van der Waals surface area contributed by atoms with E-state index in [0.29, 0.717) is 0 Å². The first-order valence-corrected chi connectivity index (χ1v) is 6.98. The van der Waals surface area contributed by atoms with E-state index >= 15 is 0 Å². The first kappa shape index (κ1) is 16.4. The molecule has 1 saturated heterocycles. The van der Waals surface area contributed by atoms with Crippen molar-refractivity contribution in [2.24, 2.45) is 10.9 Å². The molecule has 3 aliphatic rings. The molecule has 1 atom stereocenters. The van der Waals surface area contributed by atoms with Gasteiger partial charge in [0.25, 0.3) is 0 Å². The van der Waals surface area contributed by atoms with E-state index in [4.69, 9.17) is 5.41 Å². The van der Waals surface area contributed by atoms with Crippen LogP contribution in [0, 0.1) is 11.3 Å². The Balaban J connectivity index is 2.04. The fraction of sp³-hybridized carbons (Fsp3) is 0.636. The van der Waals surface area contributed by atoms with E-state index in [1.165, 1.54) is 5.32 Å². The highest BCUT2D eigenvalue weighted by molar-refractivity contribution is 7.77. The van der Waals surface area contributed by atoms with Gasteiger partial charge >= 0.3 is 12.4 Å². The molecule has 1 unspecified atom stereocenters. The number of allylic oxidation sites excluding steroid dienone is 1. The van der Waals surface area contributed by atoms with E-state index < -0.39 is 41.5 Å². The molecular formula is C11H11F6N5S. The lowest BCUT2D eigenvalue weighted by Gasteiger charge is -2.28. The summed E-state index contributed by atoms with van der Waals surface area (Å²) < 4.78 is 78.7. The van der Waals surface area contributed by atoms with Crippen LogP contribution < -0.4 is 5.32 Å². The van der Waals surface area contributed by atoms with E-state index in [0.717, 1.165) is 22.3 Å². The van der Waals surface area contributed by atoms with Crippen LogP contribution >= 0.6 is 12.8 Å². The number of alkyl halides is 6. The number of aliphatic imine (C=N–C) groups is 1. The molecule has 0 aromatic heterocycles. The van der Waals surface area contributed by atoms with Crippen LogP contribution in [0.15, 0.2) is 16.3 Å². The number of hydrogen-bond acceptors (Lipinski definition) is 5. The van der Waals surface area contributed by atoms with Crippen molar-refractivity contribution < 1.29 is 26.3 Å². The Morgan fingerprint density at radius 2 is 1.78 bits per heavy atom. The maximum absolute atomic E-state index is 13.1. The van der Waals surface area contributed by atoms with Gasteiger partial charge in [0.1, 0.15) is 11.5 Å². The van der Waals surface area contributed by atoms with Gasteiger partial charge in [-0.25, -0.2) is 4.99 Å². The summed E-state index contributed by atoms with van der Waals surface area (Å²) in [6.07, 6.45) is -10.1. The van der Waals surface area contributed by atoms with Crippen LogP contribution in [0.1, 0.15) is 12.8 Å². The van der Waals surface area contributed by atoms with Crippen molar-refractivity contribution in [1.29, 1.82) is 5.41 Å². The van der Waals surface area contributed by atoms with Gasteiger partial charge in [-0.05, 0) is 18.8 Å². The average Bonchev–Trinajstić information content (AvgIpc) is 3.20. The number of hydrogen-bond donors (Lipinski definition) is 3. The van der Waals surface area contributed by atoms with Crippen LogP contribution in [0.25, 0.3) is 0 Å². The minimum atomic E-state index is -5.07. The van der Waals surface area contributed by atoms with Crippen molar-refractivity contribution in [3.05, 3.63) is 11.3 Å². The van der Waals surface area contributed by atoms with Gasteiger partial charge in [-0.2, -0.15) is 26.3 Å². The molecule has 0 aromatic rings. The molecule has 23 heavy (non-hydrogen) atoms. The first-order chi connectivity index (χ1) is 10.5. The fourth-order valence-electron chi connectivity index (χ4n) is 2.40. The monoisotopic (exact) mass is 359 g/mol. The Labute approximate surface area is 132 Å². The summed E-state index contributed by atoms with van der Waals surface area (Å²) in [7, 11) is 0. The molecule has 2 N–H and O–H groups in total. The van der Waals surface area contributed by atoms with Crippen LogP contribution in [0.2, 0.25) is 0 Å². The zero-order valence-corrected chi connectivity index (χ0v) is 12.2. The number of fused-ring (bicyclic) bond motifs is 1. The van der Waals surface area contributed by atoms with Gasteiger partial charge in [0.2, 0.25) is 5.84 Å². The van der Waals surface area contributed by atoms with Crippen molar-refractivity contribution in [2.45, 2.75) is 31.4 Å². The van der Waals surface area contributed by atoms with E-state index in [2.05, 4.69) is 17.8 Å². The summed E-state index contributed by atoms with van der Waals surface area (Å²) in [5.74, 6) is -2.10. The second-order valence-corrected chi connectivity index (χ2v) is 5.86. The van der Waals surface area contributed by atoms with E-state index in [1.54, 1.807) is 0 Å². The number of hydrazine groups is 1. The number of thiol groups is 1. The topological polar surface area (TPSA) is 54.7 Å². The highest BCUT2D eigenvalue weighted by Crippen LogP contribution is 2.41. The van der Waals surface area contributed by atoms with Crippen LogP contribution in [-0.4, -0.2) is 46.2 Å². The van der Waals surface area contributed by atoms with Crippen molar-refractivity contribution in [2.75, 3.05) is 6.54 Å². The minimum absolute atomic E-state index is 0.194. The zero-order chi connectivity index (χ0) is 17.2. The standard InChI is InChI=1S/C11H11F6N5S/c12-10(13,14)6-5-7(18)21(3-4-1-2-4)22(23)8(5)20-9(19-6)11(15,16)17/h4,8,18,23H,1-3H2,(H,19,20).